The Labute approximate surface area is 221 Å². The van der Waals surface area contributed by atoms with Gasteiger partial charge in [0.25, 0.3) is 5.91 Å². The SMILES string of the molecule is CC(C)(C)OC(=O)N1CCC(CCC(=O)Nc2cc3c4c(c(-c5ccccc5)[nH]c4c2)C=NNC3=O)CC1. The van der Waals surface area contributed by atoms with E-state index in [0.717, 1.165) is 47.0 Å². The largest absolute Gasteiger partial charge is 0.444 e. The predicted molar refractivity (Wildman–Crippen MR) is 147 cm³/mol. The number of hydrazone groups is 1. The van der Waals surface area contributed by atoms with Crippen LogP contribution in [0.25, 0.3) is 22.2 Å². The van der Waals surface area contributed by atoms with Gasteiger partial charge in [0, 0.05) is 41.7 Å². The molecule has 1 fully saturated rings. The number of aromatic amines is 1. The maximum absolute atomic E-state index is 12.8. The number of hydrogen-bond donors (Lipinski definition) is 3. The molecule has 2 aromatic carbocycles. The summed E-state index contributed by atoms with van der Waals surface area (Å²) in [7, 11) is 0. The number of nitrogens with one attached hydrogen (secondary N) is 3. The molecule has 0 atom stereocenters. The van der Waals surface area contributed by atoms with Gasteiger partial charge in [-0.25, -0.2) is 10.2 Å². The number of ether oxygens (including phenoxy) is 1. The van der Waals surface area contributed by atoms with Crippen molar-refractivity contribution in [2.45, 2.75) is 52.1 Å². The van der Waals surface area contributed by atoms with Crippen LogP contribution in [0.15, 0.2) is 47.6 Å². The third-order valence-electron chi connectivity index (χ3n) is 6.93. The summed E-state index contributed by atoms with van der Waals surface area (Å²) in [4.78, 5) is 43.1. The summed E-state index contributed by atoms with van der Waals surface area (Å²) in [5, 5.41) is 7.84. The van der Waals surface area contributed by atoms with Crippen LogP contribution in [0, 0.1) is 5.92 Å². The van der Waals surface area contributed by atoms with Crippen molar-refractivity contribution in [1.29, 1.82) is 0 Å². The van der Waals surface area contributed by atoms with Crippen LogP contribution in [0.4, 0.5) is 10.5 Å². The van der Waals surface area contributed by atoms with Crippen molar-refractivity contribution in [3.8, 4) is 11.3 Å². The molecule has 3 aromatic rings. The molecule has 1 saturated heterocycles. The van der Waals surface area contributed by atoms with Crippen molar-refractivity contribution in [1.82, 2.24) is 15.3 Å². The van der Waals surface area contributed by atoms with Crippen LogP contribution in [-0.2, 0) is 9.53 Å². The quantitative estimate of drug-likeness (QED) is 0.429. The molecule has 2 aliphatic rings. The van der Waals surface area contributed by atoms with Crippen molar-refractivity contribution >= 4 is 40.7 Å². The summed E-state index contributed by atoms with van der Waals surface area (Å²) >= 11 is 0. The number of benzene rings is 2. The number of H-pyrrole nitrogens is 1. The van der Waals surface area contributed by atoms with Gasteiger partial charge in [0.2, 0.25) is 5.91 Å². The number of carbonyl (C=O) groups excluding carboxylic acids is 3. The van der Waals surface area contributed by atoms with E-state index in [0.29, 0.717) is 36.7 Å². The minimum absolute atomic E-state index is 0.105. The first-order chi connectivity index (χ1) is 18.2. The van der Waals surface area contributed by atoms with Gasteiger partial charge in [0.15, 0.2) is 0 Å². The number of hydrogen-bond acceptors (Lipinski definition) is 5. The highest BCUT2D eigenvalue weighted by atomic mass is 16.6. The number of amides is 3. The Morgan fingerprint density at radius 2 is 1.87 bits per heavy atom. The van der Waals surface area contributed by atoms with Gasteiger partial charge in [-0.15, -0.1) is 0 Å². The Hall–Kier alpha value is -4.14. The molecule has 0 saturated carbocycles. The van der Waals surface area contributed by atoms with Crippen molar-refractivity contribution in [2.24, 2.45) is 11.0 Å². The molecule has 0 spiro atoms. The number of anilines is 1. The maximum Gasteiger partial charge on any atom is 0.410 e. The zero-order chi connectivity index (χ0) is 26.9. The summed E-state index contributed by atoms with van der Waals surface area (Å²) < 4.78 is 5.46. The summed E-state index contributed by atoms with van der Waals surface area (Å²) in [6.45, 7) is 6.86. The molecule has 198 valence electrons. The number of nitrogens with zero attached hydrogens (tertiary/aromatic N) is 2. The third-order valence-corrected chi connectivity index (χ3v) is 6.93. The molecule has 3 amide bonds. The summed E-state index contributed by atoms with van der Waals surface area (Å²) in [6, 6.07) is 13.4. The van der Waals surface area contributed by atoms with Crippen LogP contribution in [0.5, 0.6) is 0 Å². The lowest BCUT2D eigenvalue weighted by atomic mass is 9.92. The zero-order valence-electron chi connectivity index (χ0n) is 22.0. The lowest BCUT2D eigenvalue weighted by Crippen LogP contribution is -2.41. The average molecular weight is 516 g/mol. The highest BCUT2D eigenvalue weighted by molar-refractivity contribution is 6.18. The Morgan fingerprint density at radius 3 is 2.58 bits per heavy atom. The first-order valence-electron chi connectivity index (χ1n) is 13.0. The second-order valence-corrected chi connectivity index (χ2v) is 10.9. The van der Waals surface area contributed by atoms with Crippen LogP contribution in [0.3, 0.4) is 0 Å². The van der Waals surface area contributed by atoms with E-state index in [1.54, 1.807) is 17.2 Å². The molecule has 9 heteroatoms. The molecular weight excluding hydrogens is 482 g/mol. The fraction of sp³-hybridized carbons (Fsp3) is 0.379. The van der Waals surface area contributed by atoms with Crippen LogP contribution in [0.2, 0.25) is 0 Å². The minimum Gasteiger partial charge on any atom is -0.444 e. The summed E-state index contributed by atoms with van der Waals surface area (Å²) in [5.41, 5.74) is 6.49. The topological polar surface area (TPSA) is 116 Å². The summed E-state index contributed by atoms with van der Waals surface area (Å²) in [5.74, 6) is -0.0585. The molecule has 38 heavy (non-hydrogen) atoms. The third kappa shape index (κ3) is 5.56. The second kappa shape index (κ2) is 10.3. The number of piperidine rings is 1. The van der Waals surface area contributed by atoms with Gasteiger partial charge in [-0.2, -0.15) is 5.10 Å². The average Bonchev–Trinajstić information content (AvgIpc) is 3.16. The monoisotopic (exact) mass is 515 g/mol. The fourth-order valence-electron chi connectivity index (χ4n) is 5.08. The van der Waals surface area contributed by atoms with E-state index < -0.39 is 5.60 Å². The van der Waals surface area contributed by atoms with E-state index in [2.05, 4.69) is 20.8 Å². The van der Waals surface area contributed by atoms with Gasteiger partial charge in [-0.05, 0) is 63.6 Å². The van der Waals surface area contributed by atoms with E-state index in [4.69, 9.17) is 4.74 Å². The fourth-order valence-corrected chi connectivity index (χ4v) is 5.08. The first-order valence-corrected chi connectivity index (χ1v) is 13.0. The van der Waals surface area contributed by atoms with Crippen molar-refractivity contribution in [3.05, 3.63) is 53.6 Å². The minimum atomic E-state index is -0.509. The second-order valence-electron chi connectivity index (χ2n) is 10.9. The molecule has 0 bridgehead atoms. The van der Waals surface area contributed by atoms with E-state index in [1.165, 1.54) is 0 Å². The van der Waals surface area contributed by atoms with E-state index in [9.17, 15) is 14.4 Å². The van der Waals surface area contributed by atoms with Gasteiger partial charge in [0.1, 0.15) is 5.60 Å². The summed E-state index contributed by atoms with van der Waals surface area (Å²) in [6.07, 6.45) is 4.17. The van der Waals surface area contributed by atoms with Gasteiger partial charge in [0.05, 0.1) is 17.5 Å². The standard InChI is InChI=1S/C29H33N5O4/c1-29(2,3)38-28(37)34-13-11-18(12-14-34)9-10-24(35)31-20-15-21-25-22(17-30-33-27(21)36)26(32-23(25)16-20)19-7-5-4-6-8-19/h4-8,15-18,32H,9-14H2,1-3H3,(H,31,35)(H,33,36). The van der Waals surface area contributed by atoms with Gasteiger partial charge in [-0.1, -0.05) is 30.3 Å². The number of rotatable bonds is 5. The van der Waals surface area contributed by atoms with E-state index in [-0.39, 0.29) is 17.9 Å². The Morgan fingerprint density at radius 1 is 1.13 bits per heavy atom. The molecule has 3 N–H and O–H groups in total. The molecule has 0 unspecified atom stereocenters. The molecule has 3 heterocycles. The Kier molecular flexibility index (Phi) is 6.93. The van der Waals surface area contributed by atoms with Crippen LogP contribution < -0.4 is 10.7 Å². The molecular formula is C29H33N5O4. The Bertz CT molecular complexity index is 1400. The molecule has 9 nitrogen and oxygen atoms in total. The van der Waals surface area contributed by atoms with Gasteiger partial charge in [-0.3, -0.25) is 9.59 Å². The molecule has 5 rings (SSSR count). The van der Waals surface area contributed by atoms with Crippen LogP contribution >= 0.6 is 0 Å². The molecule has 2 aliphatic heterocycles. The van der Waals surface area contributed by atoms with Crippen molar-refractivity contribution in [3.63, 3.8) is 0 Å². The molecule has 0 radical (unpaired) electrons. The van der Waals surface area contributed by atoms with Crippen LogP contribution in [0.1, 0.15) is 62.4 Å². The lowest BCUT2D eigenvalue weighted by molar-refractivity contribution is -0.116. The molecule has 0 aliphatic carbocycles. The number of carbonyl (C=O) groups is 3. The smallest absolute Gasteiger partial charge is 0.410 e. The van der Waals surface area contributed by atoms with Crippen molar-refractivity contribution < 1.29 is 19.1 Å². The van der Waals surface area contributed by atoms with Gasteiger partial charge < -0.3 is 19.9 Å². The van der Waals surface area contributed by atoms with Crippen LogP contribution in [-0.4, -0.2) is 52.7 Å². The number of aromatic nitrogens is 1. The number of likely N-dealkylation sites (tertiary alicyclic amines) is 1. The van der Waals surface area contributed by atoms with Gasteiger partial charge >= 0.3 is 6.09 Å². The predicted octanol–water partition coefficient (Wildman–Crippen LogP) is 5.28. The van der Waals surface area contributed by atoms with E-state index >= 15 is 0 Å². The Balaban J connectivity index is 1.25. The highest BCUT2D eigenvalue weighted by Crippen LogP contribution is 2.34. The first kappa shape index (κ1) is 25.5. The van der Waals surface area contributed by atoms with E-state index in [1.807, 2.05) is 57.2 Å². The highest BCUT2D eigenvalue weighted by Gasteiger charge is 2.27. The lowest BCUT2D eigenvalue weighted by Gasteiger charge is -2.33. The maximum atomic E-state index is 12.8. The normalized spacial score (nSPS) is 15.8. The zero-order valence-corrected chi connectivity index (χ0v) is 22.0. The molecule has 1 aromatic heterocycles. The van der Waals surface area contributed by atoms with Crippen molar-refractivity contribution in [2.75, 3.05) is 18.4 Å².